The molecule has 0 aromatic heterocycles. The van der Waals surface area contributed by atoms with Crippen LogP contribution in [0.3, 0.4) is 0 Å². The maximum atomic E-state index is 12.7. The zero-order chi connectivity index (χ0) is 18.7. The highest BCUT2D eigenvalue weighted by Gasteiger charge is 2.34. The van der Waals surface area contributed by atoms with Crippen LogP contribution in [0.1, 0.15) is 29.5 Å². The molecule has 0 spiro atoms. The van der Waals surface area contributed by atoms with E-state index in [2.05, 4.69) is 10.6 Å². The quantitative estimate of drug-likeness (QED) is 0.868. The first kappa shape index (κ1) is 18.0. The van der Waals surface area contributed by atoms with Crippen LogP contribution in [0.2, 0.25) is 0 Å². The predicted molar refractivity (Wildman–Crippen MR) is 104 cm³/mol. The molecular formula is C21H25N3O2. The molecule has 5 heteroatoms. The fourth-order valence-electron chi connectivity index (χ4n) is 3.28. The topological polar surface area (TPSA) is 61.4 Å². The van der Waals surface area contributed by atoms with Gasteiger partial charge < -0.3 is 15.5 Å². The number of nitrogens with one attached hydrogen (secondary N) is 2. The lowest BCUT2D eigenvalue weighted by Crippen LogP contribution is -2.45. The predicted octanol–water partition coefficient (Wildman–Crippen LogP) is 4.25. The van der Waals surface area contributed by atoms with Gasteiger partial charge in [-0.2, -0.15) is 0 Å². The van der Waals surface area contributed by atoms with Crippen LogP contribution >= 0.6 is 0 Å². The highest BCUT2D eigenvalue weighted by atomic mass is 16.2. The number of likely N-dealkylation sites (tertiary alicyclic amines) is 1. The third-order valence-corrected chi connectivity index (χ3v) is 4.76. The monoisotopic (exact) mass is 351 g/mol. The lowest BCUT2D eigenvalue weighted by Gasteiger charge is -2.24. The SMILES string of the molecule is Cc1ccc(NC(=O)N2CCC[C@H]2C(=O)Nc2ccc(C)cc2C)cc1. The Balaban J connectivity index is 1.67. The summed E-state index contributed by atoms with van der Waals surface area (Å²) in [4.78, 5) is 27.0. The lowest BCUT2D eigenvalue weighted by atomic mass is 10.1. The molecule has 0 saturated carbocycles. The maximum absolute atomic E-state index is 12.7. The number of urea groups is 1. The van der Waals surface area contributed by atoms with Crippen molar-refractivity contribution >= 4 is 23.3 Å². The molecule has 26 heavy (non-hydrogen) atoms. The van der Waals surface area contributed by atoms with Crippen LogP contribution in [0, 0.1) is 20.8 Å². The molecule has 136 valence electrons. The summed E-state index contributed by atoms with van der Waals surface area (Å²) in [5.74, 6) is -0.131. The van der Waals surface area contributed by atoms with Gasteiger partial charge in [-0.15, -0.1) is 0 Å². The summed E-state index contributed by atoms with van der Waals surface area (Å²) < 4.78 is 0. The van der Waals surface area contributed by atoms with Crippen LogP contribution in [0.15, 0.2) is 42.5 Å². The molecule has 1 fully saturated rings. The second-order valence-corrected chi connectivity index (χ2v) is 6.96. The average Bonchev–Trinajstić information content (AvgIpc) is 3.09. The molecule has 0 bridgehead atoms. The summed E-state index contributed by atoms with van der Waals surface area (Å²) in [6.45, 7) is 6.58. The third-order valence-electron chi connectivity index (χ3n) is 4.76. The summed E-state index contributed by atoms with van der Waals surface area (Å²) >= 11 is 0. The van der Waals surface area contributed by atoms with Crippen LogP contribution in [0.4, 0.5) is 16.2 Å². The number of amides is 3. The fraction of sp³-hybridized carbons (Fsp3) is 0.333. The Kier molecular flexibility index (Phi) is 5.26. The standard InChI is InChI=1S/C21H25N3O2/c1-14-6-9-17(10-7-14)22-21(26)24-12-4-5-19(24)20(25)23-18-11-8-15(2)13-16(18)3/h6-11,13,19H,4-5,12H2,1-3H3,(H,22,26)(H,23,25)/t19-/m0/s1. The number of hydrogen-bond donors (Lipinski definition) is 2. The molecule has 1 aliphatic rings. The first-order valence-corrected chi connectivity index (χ1v) is 8.96. The van der Waals surface area contributed by atoms with Crippen molar-refractivity contribution < 1.29 is 9.59 Å². The molecule has 1 aliphatic heterocycles. The Bertz CT molecular complexity index is 815. The lowest BCUT2D eigenvalue weighted by molar-refractivity contribution is -0.119. The number of anilines is 2. The van der Waals surface area contributed by atoms with Crippen LogP contribution < -0.4 is 10.6 Å². The van der Waals surface area contributed by atoms with E-state index in [9.17, 15) is 9.59 Å². The molecule has 1 saturated heterocycles. The maximum Gasteiger partial charge on any atom is 0.322 e. The summed E-state index contributed by atoms with van der Waals surface area (Å²) in [5.41, 5.74) is 4.84. The van der Waals surface area contributed by atoms with Gasteiger partial charge in [0.15, 0.2) is 0 Å². The molecule has 2 aromatic carbocycles. The van der Waals surface area contributed by atoms with Crippen LogP contribution in [-0.2, 0) is 4.79 Å². The largest absolute Gasteiger partial charge is 0.324 e. The van der Waals surface area contributed by atoms with Gasteiger partial charge >= 0.3 is 6.03 Å². The van der Waals surface area contributed by atoms with Gasteiger partial charge in [-0.25, -0.2) is 4.79 Å². The molecule has 2 aromatic rings. The average molecular weight is 351 g/mol. The Hall–Kier alpha value is -2.82. The molecule has 0 aliphatic carbocycles. The second kappa shape index (κ2) is 7.60. The number of aryl methyl sites for hydroxylation is 3. The Morgan fingerprint density at radius 3 is 2.35 bits per heavy atom. The van der Waals surface area contributed by atoms with Crippen molar-refractivity contribution in [1.29, 1.82) is 0 Å². The normalized spacial score (nSPS) is 16.4. The smallest absolute Gasteiger partial charge is 0.322 e. The van der Waals surface area contributed by atoms with E-state index in [4.69, 9.17) is 0 Å². The third kappa shape index (κ3) is 4.04. The number of nitrogens with zero attached hydrogens (tertiary/aromatic N) is 1. The van der Waals surface area contributed by atoms with Gasteiger partial charge in [-0.05, 0) is 57.4 Å². The Labute approximate surface area is 154 Å². The van der Waals surface area contributed by atoms with E-state index >= 15 is 0 Å². The Morgan fingerprint density at radius 2 is 1.65 bits per heavy atom. The first-order chi connectivity index (χ1) is 12.4. The fourth-order valence-corrected chi connectivity index (χ4v) is 3.28. The Morgan fingerprint density at radius 1 is 0.962 bits per heavy atom. The minimum absolute atomic E-state index is 0.131. The number of rotatable bonds is 3. The molecule has 1 atom stereocenters. The van der Waals surface area contributed by atoms with Crippen LogP contribution in [0.5, 0.6) is 0 Å². The van der Waals surface area contributed by atoms with E-state index in [-0.39, 0.29) is 11.9 Å². The number of hydrogen-bond acceptors (Lipinski definition) is 2. The first-order valence-electron chi connectivity index (χ1n) is 8.96. The zero-order valence-electron chi connectivity index (χ0n) is 15.5. The molecule has 0 unspecified atom stereocenters. The van der Waals surface area contributed by atoms with Crippen molar-refractivity contribution in [2.24, 2.45) is 0 Å². The molecule has 2 N–H and O–H groups in total. The van der Waals surface area contributed by atoms with Gasteiger partial charge in [0.25, 0.3) is 0 Å². The minimum Gasteiger partial charge on any atom is -0.324 e. The van der Waals surface area contributed by atoms with Crippen molar-refractivity contribution in [3.8, 4) is 0 Å². The van der Waals surface area contributed by atoms with E-state index in [1.807, 2.05) is 63.2 Å². The zero-order valence-corrected chi connectivity index (χ0v) is 15.5. The molecule has 3 amide bonds. The van der Waals surface area contributed by atoms with Crippen molar-refractivity contribution in [2.75, 3.05) is 17.2 Å². The number of benzene rings is 2. The van der Waals surface area contributed by atoms with Gasteiger partial charge in [-0.3, -0.25) is 4.79 Å². The number of carbonyl (C=O) groups excluding carboxylic acids is 2. The molecular weight excluding hydrogens is 326 g/mol. The second-order valence-electron chi connectivity index (χ2n) is 6.96. The van der Waals surface area contributed by atoms with Gasteiger partial charge in [0.05, 0.1) is 0 Å². The van der Waals surface area contributed by atoms with Crippen molar-refractivity contribution in [2.45, 2.75) is 39.7 Å². The highest BCUT2D eigenvalue weighted by molar-refractivity contribution is 6.00. The van der Waals surface area contributed by atoms with E-state index in [0.717, 1.165) is 34.5 Å². The summed E-state index contributed by atoms with van der Waals surface area (Å²) in [5, 5.41) is 5.86. The van der Waals surface area contributed by atoms with Gasteiger partial charge in [0.1, 0.15) is 6.04 Å². The molecule has 5 nitrogen and oxygen atoms in total. The van der Waals surface area contributed by atoms with Gasteiger partial charge in [0.2, 0.25) is 5.91 Å². The number of carbonyl (C=O) groups is 2. The summed E-state index contributed by atoms with van der Waals surface area (Å²) in [6, 6.07) is 12.9. The van der Waals surface area contributed by atoms with E-state index in [0.29, 0.717) is 13.0 Å². The van der Waals surface area contributed by atoms with Crippen molar-refractivity contribution in [1.82, 2.24) is 4.90 Å². The molecule has 1 heterocycles. The van der Waals surface area contributed by atoms with Crippen molar-refractivity contribution in [3.63, 3.8) is 0 Å². The summed E-state index contributed by atoms with van der Waals surface area (Å²) in [7, 11) is 0. The molecule has 3 rings (SSSR count). The molecule has 0 radical (unpaired) electrons. The van der Waals surface area contributed by atoms with Gasteiger partial charge in [0, 0.05) is 17.9 Å². The van der Waals surface area contributed by atoms with E-state index in [1.165, 1.54) is 0 Å². The highest BCUT2D eigenvalue weighted by Crippen LogP contribution is 2.22. The van der Waals surface area contributed by atoms with Gasteiger partial charge in [-0.1, -0.05) is 35.4 Å². The van der Waals surface area contributed by atoms with Crippen LogP contribution in [-0.4, -0.2) is 29.4 Å². The van der Waals surface area contributed by atoms with E-state index in [1.54, 1.807) is 4.90 Å². The summed E-state index contributed by atoms with van der Waals surface area (Å²) in [6.07, 6.45) is 1.50. The van der Waals surface area contributed by atoms with E-state index < -0.39 is 6.04 Å². The van der Waals surface area contributed by atoms with Crippen molar-refractivity contribution in [3.05, 3.63) is 59.2 Å². The minimum atomic E-state index is -0.443. The van der Waals surface area contributed by atoms with Crippen LogP contribution in [0.25, 0.3) is 0 Å².